The number of aromatic nitrogens is 1. The van der Waals surface area contributed by atoms with E-state index in [1.807, 2.05) is 30.5 Å². The summed E-state index contributed by atoms with van der Waals surface area (Å²) in [7, 11) is 0. The molecule has 0 radical (unpaired) electrons. The maximum atomic E-state index is 15.2. The molecule has 0 fully saturated rings. The first-order chi connectivity index (χ1) is 17.0. The Morgan fingerprint density at radius 1 is 0.800 bits per heavy atom. The number of benzene rings is 3. The van der Waals surface area contributed by atoms with E-state index in [4.69, 9.17) is 5.26 Å². The van der Waals surface area contributed by atoms with Crippen LogP contribution in [0.25, 0.3) is 10.8 Å². The van der Waals surface area contributed by atoms with Crippen molar-refractivity contribution in [3.8, 4) is 6.07 Å². The lowest BCUT2D eigenvalue weighted by atomic mass is 9.97. The third kappa shape index (κ3) is 5.78. The first kappa shape index (κ1) is 24.2. The largest absolute Gasteiger partial charge is 0.261 e. The Balaban J connectivity index is 1.43. The fourth-order valence-electron chi connectivity index (χ4n) is 4.18. The molecule has 0 atom stereocenters. The zero-order valence-electron chi connectivity index (χ0n) is 19.3. The van der Waals surface area contributed by atoms with Crippen molar-refractivity contribution in [3.63, 3.8) is 0 Å². The minimum Gasteiger partial charge on any atom is -0.261 e. The molecule has 0 aliphatic carbocycles. The molecular weight excluding hydrogens is 445 g/mol. The molecule has 0 aliphatic rings. The second kappa shape index (κ2) is 11.0. The van der Waals surface area contributed by atoms with E-state index in [-0.39, 0.29) is 12.2 Å². The number of fused-ring (bicyclic) bond motifs is 1. The molecule has 0 aliphatic heterocycles. The number of halogens is 3. The number of nitrogens with zero attached hydrogens (tertiary/aromatic N) is 2. The minimum absolute atomic E-state index is 0.263. The minimum atomic E-state index is -0.896. The summed E-state index contributed by atoms with van der Waals surface area (Å²) in [4.78, 5) is 4.54. The first-order valence-electron chi connectivity index (χ1n) is 11.6. The Morgan fingerprint density at radius 3 is 2.23 bits per heavy atom. The number of allylic oxidation sites excluding steroid dienone is 1. The van der Waals surface area contributed by atoms with Crippen molar-refractivity contribution in [2.45, 2.75) is 38.5 Å². The van der Waals surface area contributed by atoms with Crippen molar-refractivity contribution >= 4 is 10.8 Å². The van der Waals surface area contributed by atoms with Gasteiger partial charge in [0.15, 0.2) is 0 Å². The highest BCUT2D eigenvalue weighted by Crippen LogP contribution is 2.25. The van der Waals surface area contributed by atoms with Crippen LogP contribution in [-0.2, 0) is 32.1 Å². The fraction of sp³-hybridized carbons (Fsp3) is 0.200. The summed E-state index contributed by atoms with van der Waals surface area (Å²) in [5.74, 6) is -2.11. The zero-order valence-corrected chi connectivity index (χ0v) is 19.3. The molecule has 3 aromatic carbocycles. The van der Waals surface area contributed by atoms with Gasteiger partial charge < -0.3 is 0 Å². The van der Waals surface area contributed by atoms with E-state index in [9.17, 15) is 8.78 Å². The van der Waals surface area contributed by atoms with Crippen molar-refractivity contribution in [2.75, 3.05) is 0 Å². The van der Waals surface area contributed by atoms with E-state index in [1.165, 1.54) is 11.6 Å². The molecule has 4 rings (SSSR count). The van der Waals surface area contributed by atoms with Crippen molar-refractivity contribution in [3.05, 3.63) is 124 Å². The van der Waals surface area contributed by atoms with Crippen LogP contribution < -0.4 is 0 Å². The molecule has 2 nitrogen and oxygen atoms in total. The molecular formula is C30H25F3N2. The predicted octanol–water partition coefficient (Wildman–Crippen LogP) is 7.21. The number of pyridine rings is 1. The van der Waals surface area contributed by atoms with E-state index in [2.05, 4.69) is 23.7 Å². The van der Waals surface area contributed by atoms with Crippen LogP contribution in [0.3, 0.4) is 0 Å². The van der Waals surface area contributed by atoms with Crippen LogP contribution in [0.4, 0.5) is 13.2 Å². The van der Waals surface area contributed by atoms with Gasteiger partial charge in [-0.3, -0.25) is 4.98 Å². The molecule has 5 heteroatoms. The molecule has 4 aromatic rings. The summed E-state index contributed by atoms with van der Waals surface area (Å²) in [6, 6.07) is 17.2. The van der Waals surface area contributed by atoms with Gasteiger partial charge in [-0.1, -0.05) is 42.5 Å². The molecule has 176 valence electrons. The fourth-order valence-corrected chi connectivity index (χ4v) is 4.18. The summed E-state index contributed by atoms with van der Waals surface area (Å²) in [6.45, 7) is 3.74. The quantitative estimate of drug-likeness (QED) is 0.242. The van der Waals surface area contributed by atoms with Gasteiger partial charge in [0, 0.05) is 17.3 Å². The molecule has 1 heterocycles. The standard InChI is InChI=1S/C30H25F3N2/c1-2-3-4-21-7-13-25(35-19-21)12-6-20-8-14-26-24(15-20)11-10-23(30(26)33)9-5-22-16-28(31)27(18-34)29(32)17-22/h2,7-8,10-11,13-17,19H,1,3-6,9,12H2. The second-order valence-electron chi connectivity index (χ2n) is 8.63. The Hall–Kier alpha value is -3.91. The Kier molecular flexibility index (Phi) is 7.62. The summed E-state index contributed by atoms with van der Waals surface area (Å²) in [5, 5.41) is 10.1. The third-order valence-electron chi connectivity index (χ3n) is 6.19. The van der Waals surface area contributed by atoms with Gasteiger partial charge in [-0.15, -0.1) is 6.58 Å². The zero-order chi connectivity index (χ0) is 24.8. The van der Waals surface area contributed by atoms with E-state index < -0.39 is 17.2 Å². The number of rotatable bonds is 9. The highest BCUT2D eigenvalue weighted by molar-refractivity contribution is 5.84. The summed E-state index contributed by atoms with van der Waals surface area (Å²) in [6.07, 6.45) is 7.84. The molecule has 0 amide bonds. The van der Waals surface area contributed by atoms with Crippen LogP contribution in [0.15, 0.2) is 73.4 Å². The Labute approximate surface area is 203 Å². The van der Waals surface area contributed by atoms with Crippen LogP contribution in [-0.4, -0.2) is 4.98 Å². The summed E-state index contributed by atoms with van der Waals surface area (Å²) < 4.78 is 42.9. The van der Waals surface area contributed by atoms with Gasteiger partial charge in [0.2, 0.25) is 0 Å². The highest BCUT2D eigenvalue weighted by atomic mass is 19.1. The average Bonchev–Trinajstić information content (AvgIpc) is 2.86. The lowest BCUT2D eigenvalue weighted by Crippen LogP contribution is -2.00. The number of nitriles is 1. The van der Waals surface area contributed by atoms with Gasteiger partial charge in [-0.2, -0.15) is 5.26 Å². The van der Waals surface area contributed by atoms with Crippen molar-refractivity contribution in [2.24, 2.45) is 0 Å². The maximum Gasteiger partial charge on any atom is 0.144 e. The smallest absolute Gasteiger partial charge is 0.144 e. The van der Waals surface area contributed by atoms with Crippen molar-refractivity contribution in [1.82, 2.24) is 4.98 Å². The van der Waals surface area contributed by atoms with Crippen LogP contribution >= 0.6 is 0 Å². The van der Waals surface area contributed by atoms with Crippen molar-refractivity contribution < 1.29 is 13.2 Å². The predicted molar refractivity (Wildman–Crippen MR) is 133 cm³/mol. The molecule has 0 bridgehead atoms. The summed E-state index contributed by atoms with van der Waals surface area (Å²) >= 11 is 0. The van der Waals surface area contributed by atoms with Gasteiger partial charge in [0.25, 0.3) is 0 Å². The van der Waals surface area contributed by atoms with E-state index >= 15 is 4.39 Å². The second-order valence-corrected chi connectivity index (χ2v) is 8.63. The lowest BCUT2D eigenvalue weighted by Gasteiger charge is -2.10. The van der Waals surface area contributed by atoms with Crippen LogP contribution in [0.5, 0.6) is 0 Å². The number of hydrogen-bond acceptors (Lipinski definition) is 2. The van der Waals surface area contributed by atoms with E-state index in [1.54, 1.807) is 12.1 Å². The van der Waals surface area contributed by atoms with Gasteiger partial charge in [-0.25, -0.2) is 13.2 Å². The first-order valence-corrected chi connectivity index (χ1v) is 11.6. The van der Waals surface area contributed by atoms with E-state index in [0.717, 1.165) is 54.5 Å². The Bertz CT molecular complexity index is 1380. The number of hydrogen-bond donors (Lipinski definition) is 0. The lowest BCUT2D eigenvalue weighted by molar-refractivity contribution is 0.572. The van der Waals surface area contributed by atoms with Crippen LogP contribution in [0.1, 0.15) is 39.9 Å². The van der Waals surface area contributed by atoms with Crippen molar-refractivity contribution in [1.29, 1.82) is 5.26 Å². The highest BCUT2D eigenvalue weighted by Gasteiger charge is 2.13. The molecule has 0 saturated heterocycles. The van der Waals surface area contributed by atoms with Gasteiger partial charge in [0.1, 0.15) is 29.1 Å². The summed E-state index contributed by atoms with van der Waals surface area (Å²) in [5.41, 5.74) is 3.58. The number of aryl methyl sites for hydroxylation is 5. The van der Waals surface area contributed by atoms with Crippen LogP contribution in [0.2, 0.25) is 0 Å². The Morgan fingerprint density at radius 2 is 1.54 bits per heavy atom. The molecule has 0 saturated carbocycles. The van der Waals surface area contributed by atoms with E-state index in [0.29, 0.717) is 22.9 Å². The molecule has 0 unspecified atom stereocenters. The topological polar surface area (TPSA) is 36.7 Å². The molecule has 0 spiro atoms. The SMILES string of the molecule is C=CCCc1ccc(CCc2ccc3c(F)c(CCc4cc(F)c(C#N)c(F)c4)ccc3c2)nc1. The average molecular weight is 471 g/mol. The third-order valence-corrected chi connectivity index (χ3v) is 6.19. The normalized spacial score (nSPS) is 10.9. The molecule has 35 heavy (non-hydrogen) atoms. The van der Waals surface area contributed by atoms with Crippen LogP contribution in [0, 0.1) is 28.8 Å². The van der Waals surface area contributed by atoms with Gasteiger partial charge in [0.05, 0.1) is 0 Å². The van der Waals surface area contributed by atoms with Gasteiger partial charge >= 0.3 is 0 Å². The monoisotopic (exact) mass is 470 g/mol. The molecule has 0 N–H and O–H groups in total. The molecule has 1 aromatic heterocycles. The van der Waals surface area contributed by atoms with Gasteiger partial charge in [-0.05, 0) is 84.4 Å². The maximum absolute atomic E-state index is 15.2.